The SMILES string of the molecule is C=CC(=O)N=CCC. The van der Waals surface area contributed by atoms with Crippen LogP contribution in [0.25, 0.3) is 0 Å². The summed E-state index contributed by atoms with van der Waals surface area (Å²) in [6, 6.07) is 0. The Morgan fingerprint density at radius 2 is 2.50 bits per heavy atom. The van der Waals surface area contributed by atoms with Crippen LogP contribution in [0.1, 0.15) is 13.3 Å². The lowest BCUT2D eigenvalue weighted by molar-refractivity contribution is -0.113. The van der Waals surface area contributed by atoms with E-state index in [1.54, 1.807) is 6.21 Å². The maximum absolute atomic E-state index is 10.3. The van der Waals surface area contributed by atoms with E-state index in [4.69, 9.17) is 0 Å². The summed E-state index contributed by atoms with van der Waals surface area (Å²) in [6.45, 7) is 5.17. The van der Waals surface area contributed by atoms with Gasteiger partial charge in [0.2, 0.25) is 0 Å². The van der Waals surface area contributed by atoms with Crippen LogP contribution < -0.4 is 0 Å². The predicted octanol–water partition coefficient (Wildman–Crippen LogP) is 1.18. The van der Waals surface area contributed by atoms with Gasteiger partial charge in [0.25, 0.3) is 5.91 Å². The normalized spacial score (nSPS) is 9.62. The molecule has 2 nitrogen and oxygen atoms in total. The van der Waals surface area contributed by atoms with E-state index in [1.165, 1.54) is 6.08 Å². The Hall–Kier alpha value is -0.920. The topological polar surface area (TPSA) is 29.4 Å². The van der Waals surface area contributed by atoms with Gasteiger partial charge in [-0.15, -0.1) is 0 Å². The van der Waals surface area contributed by atoms with E-state index in [9.17, 15) is 4.79 Å². The summed E-state index contributed by atoms with van der Waals surface area (Å²) >= 11 is 0. The van der Waals surface area contributed by atoms with Crippen LogP contribution >= 0.6 is 0 Å². The minimum atomic E-state index is -0.271. The molecule has 0 radical (unpaired) electrons. The Labute approximate surface area is 48.9 Å². The van der Waals surface area contributed by atoms with Crippen LogP contribution in [0.4, 0.5) is 0 Å². The monoisotopic (exact) mass is 111 g/mol. The first-order valence-corrected chi connectivity index (χ1v) is 2.50. The van der Waals surface area contributed by atoms with E-state index in [-0.39, 0.29) is 5.91 Å². The quantitative estimate of drug-likeness (QED) is 0.388. The van der Waals surface area contributed by atoms with Gasteiger partial charge < -0.3 is 0 Å². The van der Waals surface area contributed by atoms with Gasteiger partial charge in [0.15, 0.2) is 0 Å². The molecule has 0 aromatic heterocycles. The zero-order valence-electron chi connectivity index (χ0n) is 4.92. The van der Waals surface area contributed by atoms with Gasteiger partial charge in [0.1, 0.15) is 0 Å². The molecule has 0 aromatic rings. The molecule has 0 saturated carbocycles. The van der Waals surface area contributed by atoms with Crippen LogP contribution in [0.5, 0.6) is 0 Å². The largest absolute Gasteiger partial charge is 0.268 e. The first kappa shape index (κ1) is 7.08. The Balaban J connectivity index is 3.52. The molecule has 44 valence electrons. The molecule has 0 aliphatic rings. The average Bonchev–Trinajstić information content (AvgIpc) is 1.83. The fourth-order valence-electron chi connectivity index (χ4n) is 0.234. The maximum atomic E-state index is 10.3. The molecule has 1 amide bonds. The highest BCUT2D eigenvalue weighted by Crippen LogP contribution is 1.74. The number of nitrogens with zero attached hydrogens (tertiary/aromatic N) is 1. The molecule has 0 spiro atoms. The van der Waals surface area contributed by atoms with Gasteiger partial charge in [-0.25, -0.2) is 4.99 Å². The lowest BCUT2D eigenvalue weighted by Gasteiger charge is -1.76. The number of hydrogen-bond donors (Lipinski definition) is 0. The van der Waals surface area contributed by atoms with E-state index >= 15 is 0 Å². The Morgan fingerprint density at radius 3 is 2.88 bits per heavy atom. The molecule has 0 N–H and O–H groups in total. The lowest BCUT2D eigenvalue weighted by atomic mass is 10.5. The van der Waals surface area contributed by atoms with Crippen LogP contribution in [-0.2, 0) is 4.79 Å². The first-order chi connectivity index (χ1) is 3.81. The van der Waals surface area contributed by atoms with Gasteiger partial charge in [-0.1, -0.05) is 13.5 Å². The number of amides is 1. The van der Waals surface area contributed by atoms with Crippen molar-refractivity contribution in [2.45, 2.75) is 13.3 Å². The highest BCUT2D eigenvalue weighted by Gasteiger charge is 1.81. The third-order valence-corrected chi connectivity index (χ3v) is 0.576. The molecule has 2 heteroatoms. The number of carbonyl (C=O) groups is 1. The molecular weight excluding hydrogens is 102 g/mol. The second-order valence-corrected chi connectivity index (χ2v) is 1.26. The zero-order chi connectivity index (χ0) is 6.41. The summed E-state index contributed by atoms with van der Waals surface area (Å²) in [4.78, 5) is 13.7. The second kappa shape index (κ2) is 4.24. The molecule has 0 aliphatic carbocycles. The lowest BCUT2D eigenvalue weighted by Crippen LogP contribution is -1.84. The van der Waals surface area contributed by atoms with Gasteiger partial charge in [-0.3, -0.25) is 4.79 Å². The fourth-order valence-corrected chi connectivity index (χ4v) is 0.234. The molecule has 0 unspecified atom stereocenters. The molecule has 0 atom stereocenters. The van der Waals surface area contributed by atoms with Crippen molar-refractivity contribution < 1.29 is 4.79 Å². The Bertz CT molecular complexity index is 116. The molecule has 0 fully saturated rings. The van der Waals surface area contributed by atoms with Crippen molar-refractivity contribution in [1.82, 2.24) is 0 Å². The summed E-state index contributed by atoms with van der Waals surface area (Å²) in [5.74, 6) is -0.271. The minimum absolute atomic E-state index is 0.271. The third kappa shape index (κ3) is 3.28. The van der Waals surface area contributed by atoms with Crippen LogP contribution in [0.2, 0.25) is 0 Å². The van der Waals surface area contributed by atoms with E-state index in [0.717, 1.165) is 6.42 Å². The zero-order valence-corrected chi connectivity index (χ0v) is 4.92. The summed E-state index contributed by atoms with van der Waals surface area (Å²) in [5.41, 5.74) is 0. The van der Waals surface area contributed by atoms with Crippen molar-refractivity contribution in [3.8, 4) is 0 Å². The second-order valence-electron chi connectivity index (χ2n) is 1.26. The van der Waals surface area contributed by atoms with Crippen molar-refractivity contribution in [3.63, 3.8) is 0 Å². The van der Waals surface area contributed by atoms with Gasteiger partial charge in [-0.2, -0.15) is 0 Å². The van der Waals surface area contributed by atoms with Crippen LogP contribution in [-0.4, -0.2) is 12.1 Å². The molecule has 0 aliphatic heterocycles. The van der Waals surface area contributed by atoms with Gasteiger partial charge in [0, 0.05) is 6.21 Å². The summed E-state index contributed by atoms with van der Waals surface area (Å²) in [6.07, 6.45) is 3.54. The van der Waals surface area contributed by atoms with Crippen molar-refractivity contribution in [2.24, 2.45) is 4.99 Å². The summed E-state index contributed by atoms with van der Waals surface area (Å²) < 4.78 is 0. The van der Waals surface area contributed by atoms with Gasteiger partial charge in [-0.05, 0) is 12.5 Å². The molecule has 0 aromatic carbocycles. The predicted molar refractivity (Wildman–Crippen MR) is 34.0 cm³/mol. The molecule has 0 bridgehead atoms. The highest BCUT2D eigenvalue weighted by atomic mass is 16.1. The van der Waals surface area contributed by atoms with E-state index in [0.29, 0.717) is 0 Å². The van der Waals surface area contributed by atoms with Crippen LogP contribution in [0.3, 0.4) is 0 Å². The number of aliphatic imine (C=N–C) groups is 1. The third-order valence-electron chi connectivity index (χ3n) is 0.576. The highest BCUT2D eigenvalue weighted by molar-refractivity contribution is 5.92. The smallest absolute Gasteiger partial charge is 0.268 e. The van der Waals surface area contributed by atoms with E-state index in [1.807, 2.05) is 6.92 Å². The fraction of sp³-hybridized carbons (Fsp3) is 0.333. The van der Waals surface area contributed by atoms with Crippen LogP contribution in [0, 0.1) is 0 Å². The number of hydrogen-bond acceptors (Lipinski definition) is 1. The van der Waals surface area contributed by atoms with Crippen LogP contribution in [0.15, 0.2) is 17.6 Å². The van der Waals surface area contributed by atoms with Crippen molar-refractivity contribution in [2.75, 3.05) is 0 Å². The van der Waals surface area contributed by atoms with Crippen molar-refractivity contribution in [3.05, 3.63) is 12.7 Å². The standard InChI is InChI=1S/C6H9NO/c1-3-5-7-6(8)4-2/h4-5H,2-3H2,1H3. The van der Waals surface area contributed by atoms with Gasteiger partial charge in [0.05, 0.1) is 0 Å². The number of rotatable bonds is 2. The summed E-state index contributed by atoms with van der Waals surface area (Å²) in [5, 5.41) is 0. The molecule has 0 heterocycles. The van der Waals surface area contributed by atoms with E-state index < -0.39 is 0 Å². The number of carbonyl (C=O) groups excluding carboxylic acids is 1. The average molecular weight is 111 g/mol. The Morgan fingerprint density at radius 1 is 1.88 bits per heavy atom. The molecule has 8 heavy (non-hydrogen) atoms. The Kier molecular flexibility index (Phi) is 3.76. The maximum Gasteiger partial charge on any atom is 0.268 e. The van der Waals surface area contributed by atoms with E-state index in [2.05, 4.69) is 11.6 Å². The molecule has 0 rings (SSSR count). The van der Waals surface area contributed by atoms with Gasteiger partial charge >= 0.3 is 0 Å². The first-order valence-electron chi connectivity index (χ1n) is 2.50. The molecular formula is C6H9NO. The molecule has 0 saturated heterocycles. The van der Waals surface area contributed by atoms with Crippen molar-refractivity contribution in [1.29, 1.82) is 0 Å². The minimum Gasteiger partial charge on any atom is -0.268 e. The summed E-state index contributed by atoms with van der Waals surface area (Å²) in [7, 11) is 0. The van der Waals surface area contributed by atoms with Crippen molar-refractivity contribution >= 4 is 12.1 Å².